The lowest BCUT2D eigenvalue weighted by molar-refractivity contribution is -0.0498. The van der Waals surface area contributed by atoms with Gasteiger partial charge in [0.2, 0.25) is 0 Å². The molecule has 0 saturated heterocycles. The van der Waals surface area contributed by atoms with Gasteiger partial charge in [0, 0.05) is 25.2 Å². The minimum absolute atomic E-state index is 0.169. The monoisotopic (exact) mass is 475 g/mol. The Balaban J connectivity index is 1.85. The molecule has 4 nitrogen and oxygen atoms in total. The average molecular weight is 476 g/mol. The zero-order valence-electron chi connectivity index (χ0n) is 19.3. The van der Waals surface area contributed by atoms with Crippen molar-refractivity contribution in [2.24, 2.45) is 0 Å². The average Bonchev–Trinajstić information content (AvgIpc) is 3.12. The summed E-state index contributed by atoms with van der Waals surface area (Å²) in [5.74, 6) is 1.06. The molecular weight excluding hydrogens is 444 g/mol. The molecule has 33 heavy (non-hydrogen) atoms. The summed E-state index contributed by atoms with van der Waals surface area (Å²) >= 11 is 6.68. The summed E-state index contributed by atoms with van der Waals surface area (Å²) in [5, 5.41) is 0.534. The molecule has 0 aliphatic carbocycles. The Hall–Kier alpha value is -2.44. The van der Waals surface area contributed by atoms with Gasteiger partial charge >= 0.3 is 6.61 Å². The summed E-state index contributed by atoms with van der Waals surface area (Å²) in [6.45, 7) is 4.64. The highest BCUT2D eigenvalue weighted by atomic mass is 35.5. The summed E-state index contributed by atoms with van der Waals surface area (Å²) in [6, 6.07) is 17.0. The first kappa shape index (κ1) is 25.2. The number of halogens is 3. The molecule has 0 spiro atoms. The molecule has 0 aliphatic heterocycles. The van der Waals surface area contributed by atoms with Crippen molar-refractivity contribution in [1.29, 1.82) is 0 Å². The minimum Gasteiger partial charge on any atom is -0.435 e. The molecule has 0 atom stereocenters. The predicted octanol–water partition coefficient (Wildman–Crippen LogP) is 7.41. The van der Waals surface area contributed by atoms with E-state index in [1.807, 2.05) is 30.3 Å². The number of unbranched alkanes of at least 4 members (excludes halogenated alkanes) is 2. The smallest absolute Gasteiger partial charge is 0.387 e. The minimum atomic E-state index is -2.82. The molecule has 7 heteroatoms. The van der Waals surface area contributed by atoms with Gasteiger partial charge in [-0.15, -0.1) is 0 Å². The number of ether oxygens (including phenoxy) is 1. The van der Waals surface area contributed by atoms with Gasteiger partial charge in [0.15, 0.2) is 5.15 Å². The van der Waals surface area contributed by atoms with Gasteiger partial charge in [-0.05, 0) is 37.1 Å². The van der Waals surface area contributed by atoms with Crippen LogP contribution < -0.4 is 4.74 Å². The van der Waals surface area contributed by atoms with Crippen molar-refractivity contribution in [1.82, 2.24) is 14.5 Å². The number of alkyl halides is 2. The lowest BCUT2D eigenvalue weighted by Gasteiger charge is -2.24. The number of benzene rings is 2. The van der Waals surface area contributed by atoms with E-state index in [1.54, 1.807) is 12.1 Å². The van der Waals surface area contributed by atoms with E-state index >= 15 is 0 Å². The van der Waals surface area contributed by atoms with E-state index in [4.69, 9.17) is 16.6 Å². The topological polar surface area (TPSA) is 30.3 Å². The zero-order chi connectivity index (χ0) is 23.6. The number of rotatable bonds is 13. The van der Waals surface area contributed by atoms with Crippen LogP contribution in [-0.2, 0) is 19.6 Å². The van der Waals surface area contributed by atoms with Crippen LogP contribution in [0.3, 0.4) is 0 Å². The highest BCUT2D eigenvalue weighted by Crippen LogP contribution is 2.28. The molecule has 1 heterocycles. The predicted molar refractivity (Wildman–Crippen MR) is 130 cm³/mol. The molecule has 0 saturated carbocycles. The van der Waals surface area contributed by atoms with Crippen LogP contribution >= 0.6 is 11.6 Å². The van der Waals surface area contributed by atoms with Gasteiger partial charge in [0.1, 0.15) is 11.6 Å². The van der Waals surface area contributed by atoms with Crippen LogP contribution in [0.2, 0.25) is 5.15 Å². The third kappa shape index (κ3) is 7.27. The Morgan fingerprint density at radius 1 is 0.970 bits per heavy atom. The second-order valence-corrected chi connectivity index (χ2v) is 8.49. The zero-order valence-corrected chi connectivity index (χ0v) is 20.1. The van der Waals surface area contributed by atoms with E-state index in [9.17, 15) is 8.78 Å². The van der Waals surface area contributed by atoms with Gasteiger partial charge < -0.3 is 9.30 Å². The number of aromatic nitrogens is 2. The Kier molecular flexibility index (Phi) is 9.70. The van der Waals surface area contributed by atoms with E-state index in [2.05, 4.69) is 40.2 Å². The first-order valence-corrected chi connectivity index (χ1v) is 12.0. The number of imidazole rings is 1. The molecule has 2 aromatic carbocycles. The van der Waals surface area contributed by atoms with Gasteiger partial charge in [-0.3, -0.25) is 4.90 Å². The SMILES string of the molecule is CCCCN(Cc1ccc(OC(F)F)cc1)Cc1c(Cl)nc(-c2ccccc2)n1CCCC. The summed E-state index contributed by atoms with van der Waals surface area (Å²) in [6.07, 6.45) is 4.25. The second-order valence-electron chi connectivity index (χ2n) is 8.13. The maximum atomic E-state index is 12.5. The molecule has 3 rings (SSSR count). The van der Waals surface area contributed by atoms with Gasteiger partial charge in [-0.2, -0.15) is 8.78 Å². The molecule has 0 N–H and O–H groups in total. The Labute approximate surface area is 200 Å². The lowest BCUT2D eigenvalue weighted by Crippen LogP contribution is -2.25. The van der Waals surface area contributed by atoms with Gasteiger partial charge in [0.25, 0.3) is 0 Å². The maximum absolute atomic E-state index is 12.5. The van der Waals surface area contributed by atoms with Crippen molar-refractivity contribution >= 4 is 11.6 Å². The number of nitrogens with zero attached hydrogens (tertiary/aromatic N) is 3. The van der Waals surface area contributed by atoms with Crippen LogP contribution in [0.25, 0.3) is 11.4 Å². The van der Waals surface area contributed by atoms with Gasteiger partial charge in [-0.1, -0.05) is 80.8 Å². The molecule has 0 radical (unpaired) electrons. The highest BCUT2D eigenvalue weighted by Gasteiger charge is 2.19. The quantitative estimate of drug-likeness (QED) is 0.258. The Bertz CT molecular complexity index is 977. The molecule has 0 fully saturated rings. The Morgan fingerprint density at radius 3 is 2.30 bits per heavy atom. The summed E-state index contributed by atoms with van der Waals surface area (Å²) in [7, 11) is 0. The third-order valence-electron chi connectivity index (χ3n) is 5.55. The van der Waals surface area contributed by atoms with Crippen LogP contribution in [0.5, 0.6) is 5.75 Å². The Morgan fingerprint density at radius 2 is 1.67 bits per heavy atom. The standard InChI is InChI=1S/C26H32ClF2N3O/c1-3-5-16-31(18-20-12-14-22(15-13-20)33-26(28)29)19-23-24(27)30-25(32(23)17-6-4-2)21-10-8-7-9-11-21/h7-15,26H,3-6,16-19H2,1-2H3. The third-order valence-corrected chi connectivity index (χ3v) is 5.85. The summed E-state index contributed by atoms with van der Waals surface area (Å²) in [5.41, 5.74) is 3.10. The molecule has 178 valence electrons. The maximum Gasteiger partial charge on any atom is 0.387 e. The fourth-order valence-electron chi connectivity index (χ4n) is 3.81. The lowest BCUT2D eigenvalue weighted by atomic mass is 10.2. The van der Waals surface area contributed by atoms with Crippen LogP contribution in [0, 0.1) is 0 Å². The normalized spacial score (nSPS) is 11.5. The first-order chi connectivity index (χ1) is 16.0. The fraction of sp³-hybridized carbons (Fsp3) is 0.423. The number of hydrogen-bond acceptors (Lipinski definition) is 3. The molecular formula is C26H32ClF2N3O. The van der Waals surface area contributed by atoms with E-state index in [0.29, 0.717) is 18.2 Å². The van der Waals surface area contributed by atoms with Gasteiger partial charge in [-0.25, -0.2) is 4.98 Å². The first-order valence-electron chi connectivity index (χ1n) is 11.6. The molecule has 0 unspecified atom stereocenters. The van der Waals surface area contributed by atoms with E-state index in [1.165, 1.54) is 0 Å². The molecule has 0 bridgehead atoms. The fourth-order valence-corrected chi connectivity index (χ4v) is 4.06. The van der Waals surface area contributed by atoms with Crippen molar-refractivity contribution in [3.8, 4) is 17.1 Å². The van der Waals surface area contributed by atoms with E-state index in [0.717, 1.165) is 61.4 Å². The van der Waals surface area contributed by atoms with E-state index in [-0.39, 0.29) is 5.75 Å². The summed E-state index contributed by atoms with van der Waals surface area (Å²) < 4.78 is 31.6. The van der Waals surface area contributed by atoms with Crippen molar-refractivity contribution in [2.45, 2.75) is 65.8 Å². The summed E-state index contributed by atoms with van der Waals surface area (Å²) in [4.78, 5) is 7.07. The van der Waals surface area contributed by atoms with Crippen LogP contribution in [0.4, 0.5) is 8.78 Å². The highest BCUT2D eigenvalue weighted by molar-refractivity contribution is 6.30. The van der Waals surface area contributed by atoms with Crippen LogP contribution in [-0.4, -0.2) is 27.6 Å². The van der Waals surface area contributed by atoms with Crippen molar-refractivity contribution in [3.63, 3.8) is 0 Å². The van der Waals surface area contributed by atoms with Gasteiger partial charge in [0.05, 0.1) is 5.69 Å². The van der Waals surface area contributed by atoms with Crippen molar-refractivity contribution in [3.05, 3.63) is 71.0 Å². The largest absolute Gasteiger partial charge is 0.435 e. The molecule has 0 amide bonds. The van der Waals surface area contributed by atoms with Crippen LogP contribution in [0.15, 0.2) is 54.6 Å². The molecule has 1 aromatic heterocycles. The van der Waals surface area contributed by atoms with Crippen molar-refractivity contribution in [2.75, 3.05) is 6.54 Å². The molecule has 3 aromatic rings. The number of hydrogen-bond donors (Lipinski definition) is 0. The molecule has 0 aliphatic rings. The van der Waals surface area contributed by atoms with Crippen molar-refractivity contribution < 1.29 is 13.5 Å². The van der Waals surface area contributed by atoms with E-state index < -0.39 is 6.61 Å². The second kappa shape index (κ2) is 12.7. The van der Waals surface area contributed by atoms with Crippen LogP contribution in [0.1, 0.15) is 50.8 Å².